The third-order valence-corrected chi connectivity index (χ3v) is 5.06. The standard InChI is InChI=1S/C18H29N7/c1-6-19-18(20-10-17-13(2)22-24(5)14(17)3)25-8-7-15(12-25)16-9-21-23(4)11-16/h9,11,15H,6-8,10,12H2,1-5H3,(H,19,20). The molecule has 1 aliphatic heterocycles. The average molecular weight is 343 g/mol. The Hall–Kier alpha value is -2.31. The molecular formula is C18H29N7. The highest BCUT2D eigenvalue weighted by Gasteiger charge is 2.27. The largest absolute Gasteiger partial charge is 0.357 e. The minimum absolute atomic E-state index is 0.527. The summed E-state index contributed by atoms with van der Waals surface area (Å²) in [6.45, 7) is 9.83. The van der Waals surface area contributed by atoms with Gasteiger partial charge in [0.05, 0.1) is 18.4 Å². The Morgan fingerprint density at radius 2 is 2.16 bits per heavy atom. The fraction of sp³-hybridized carbons (Fsp3) is 0.611. The van der Waals surface area contributed by atoms with Crippen LogP contribution in [0.1, 0.15) is 41.8 Å². The molecule has 1 unspecified atom stereocenters. The van der Waals surface area contributed by atoms with Gasteiger partial charge in [-0.3, -0.25) is 9.36 Å². The first-order valence-electron chi connectivity index (χ1n) is 9.00. The minimum atomic E-state index is 0.527. The van der Waals surface area contributed by atoms with Crippen LogP contribution in [0.4, 0.5) is 0 Å². The van der Waals surface area contributed by atoms with Crippen molar-refractivity contribution in [2.75, 3.05) is 19.6 Å². The van der Waals surface area contributed by atoms with E-state index in [9.17, 15) is 0 Å². The van der Waals surface area contributed by atoms with Gasteiger partial charge in [0.2, 0.25) is 0 Å². The third-order valence-electron chi connectivity index (χ3n) is 5.06. The van der Waals surface area contributed by atoms with E-state index in [1.807, 2.05) is 29.7 Å². The van der Waals surface area contributed by atoms with Crippen LogP contribution in [0.25, 0.3) is 0 Å². The van der Waals surface area contributed by atoms with E-state index in [0.29, 0.717) is 12.5 Å². The Balaban J connectivity index is 1.72. The Morgan fingerprint density at radius 3 is 2.76 bits per heavy atom. The maximum atomic E-state index is 4.89. The summed E-state index contributed by atoms with van der Waals surface area (Å²) in [5.41, 5.74) is 4.79. The summed E-state index contributed by atoms with van der Waals surface area (Å²) in [4.78, 5) is 7.25. The molecule has 0 aliphatic carbocycles. The number of aryl methyl sites for hydroxylation is 3. The average Bonchev–Trinajstić information content (AvgIpc) is 3.27. The van der Waals surface area contributed by atoms with Gasteiger partial charge in [-0.1, -0.05) is 0 Å². The molecule has 3 heterocycles. The van der Waals surface area contributed by atoms with Gasteiger partial charge in [-0.15, -0.1) is 0 Å². The van der Waals surface area contributed by atoms with Crippen molar-refractivity contribution in [3.8, 4) is 0 Å². The second-order valence-corrected chi connectivity index (χ2v) is 6.82. The first kappa shape index (κ1) is 17.5. The molecule has 0 saturated carbocycles. The maximum Gasteiger partial charge on any atom is 0.194 e. The summed E-state index contributed by atoms with van der Waals surface area (Å²) in [6, 6.07) is 0. The molecule has 1 N–H and O–H groups in total. The van der Waals surface area contributed by atoms with E-state index in [0.717, 1.165) is 37.7 Å². The highest BCUT2D eigenvalue weighted by atomic mass is 15.3. The molecule has 7 heteroatoms. The lowest BCUT2D eigenvalue weighted by Gasteiger charge is -2.21. The second kappa shape index (κ2) is 7.29. The topological polar surface area (TPSA) is 63.3 Å². The second-order valence-electron chi connectivity index (χ2n) is 6.82. The minimum Gasteiger partial charge on any atom is -0.357 e. The summed E-state index contributed by atoms with van der Waals surface area (Å²) in [5, 5.41) is 12.2. The van der Waals surface area contributed by atoms with Gasteiger partial charge in [0.15, 0.2) is 5.96 Å². The predicted octanol–water partition coefficient (Wildman–Crippen LogP) is 1.73. The van der Waals surface area contributed by atoms with E-state index in [-0.39, 0.29) is 0 Å². The zero-order valence-corrected chi connectivity index (χ0v) is 16.0. The van der Waals surface area contributed by atoms with Crippen molar-refractivity contribution in [1.82, 2.24) is 29.8 Å². The third kappa shape index (κ3) is 3.70. The number of aliphatic imine (C=N–C) groups is 1. The van der Waals surface area contributed by atoms with Crippen molar-refractivity contribution in [2.45, 2.75) is 39.7 Å². The van der Waals surface area contributed by atoms with E-state index in [1.165, 1.54) is 16.8 Å². The van der Waals surface area contributed by atoms with Gasteiger partial charge in [-0.05, 0) is 32.8 Å². The highest BCUT2D eigenvalue weighted by Crippen LogP contribution is 2.26. The van der Waals surface area contributed by atoms with Crippen molar-refractivity contribution < 1.29 is 0 Å². The van der Waals surface area contributed by atoms with Crippen LogP contribution in [0.2, 0.25) is 0 Å². The van der Waals surface area contributed by atoms with E-state index >= 15 is 0 Å². The summed E-state index contributed by atoms with van der Waals surface area (Å²) in [6.07, 6.45) is 5.25. The molecular weight excluding hydrogens is 314 g/mol. The quantitative estimate of drug-likeness (QED) is 0.678. The van der Waals surface area contributed by atoms with Crippen LogP contribution in [0.3, 0.4) is 0 Å². The summed E-state index contributed by atoms with van der Waals surface area (Å²) in [7, 11) is 3.96. The SMILES string of the molecule is CCNC(=NCc1c(C)nn(C)c1C)N1CCC(c2cnn(C)c2)C1. The normalized spacial score (nSPS) is 18.2. The van der Waals surface area contributed by atoms with Gasteiger partial charge in [0, 0.05) is 57.1 Å². The molecule has 0 spiro atoms. The maximum absolute atomic E-state index is 4.89. The smallest absolute Gasteiger partial charge is 0.194 e. The van der Waals surface area contributed by atoms with Crippen LogP contribution in [0, 0.1) is 13.8 Å². The van der Waals surface area contributed by atoms with E-state index in [2.05, 4.69) is 47.4 Å². The zero-order valence-electron chi connectivity index (χ0n) is 16.0. The van der Waals surface area contributed by atoms with Crippen LogP contribution in [0.15, 0.2) is 17.4 Å². The van der Waals surface area contributed by atoms with Crippen molar-refractivity contribution in [1.29, 1.82) is 0 Å². The Bertz CT molecular complexity index is 756. The van der Waals surface area contributed by atoms with Gasteiger partial charge in [0.25, 0.3) is 0 Å². The van der Waals surface area contributed by atoms with Crippen molar-refractivity contribution in [3.05, 3.63) is 34.9 Å². The van der Waals surface area contributed by atoms with Crippen LogP contribution >= 0.6 is 0 Å². The first-order valence-corrected chi connectivity index (χ1v) is 9.00. The van der Waals surface area contributed by atoms with Crippen LogP contribution in [0.5, 0.6) is 0 Å². The lowest BCUT2D eigenvalue weighted by Crippen LogP contribution is -2.40. The molecule has 2 aromatic heterocycles. The van der Waals surface area contributed by atoms with Gasteiger partial charge in [0.1, 0.15) is 0 Å². The van der Waals surface area contributed by atoms with Gasteiger partial charge >= 0.3 is 0 Å². The Kier molecular flexibility index (Phi) is 5.11. The van der Waals surface area contributed by atoms with E-state index in [1.54, 1.807) is 0 Å². The first-order chi connectivity index (χ1) is 12.0. The molecule has 0 radical (unpaired) electrons. The van der Waals surface area contributed by atoms with E-state index in [4.69, 9.17) is 4.99 Å². The number of guanidine groups is 1. The molecule has 1 aliphatic rings. The van der Waals surface area contributed by atoms with Crippen molar-refractivity contribution in [3.63, 3.8) is 0 Å². The number of likely N-dealkylation sites (tertiary alicyclic amines) is 1. The summed E-state index contributed by atoms with van der Waals surface area (Å²) in [5.74, 6) is 1.52. The molecule has 25 heavy (non-hydrogen) atoms. The molecule has 0 aromatic carbocycles. The van der Waals surface area contributed by atoms with Crippen LogP contribution in [-0.2, 0) is 20.6 Å². The molecule has 1 saturated heterocycles. The molecule has 3 rings (SSSR count). The predicted molar refractivity (Wildman–Crippen MR) is 99.6 cm³/mol. The highest BCUT2D eigenvalue weighted by molar-refractivity contribution is 5.80. The molecule has 136 valence electrons. The molecule has 7 nitrogen and oxygen atoms in total. The monoisotopic (exact) mass is 343 g/mol. The van der Waals surface area contributed by atoms with E-state index < -0.39 is 0 Å². The van der Waals surface area contributed by atoms with Crippen LogP contribution in [-0.4, -0.2) is 50.1 Å². The molecule has 0 bridgehead atoms. The Morgan fingerprint density at radius 1 is 1.36 bits per heavy atom. The van der Waals surface area contributed by atoms with Crippen molar-refractivity contribution in [2.24, 2.45) is 19.1 Å². The van der Waals surface area contributed by atoms with Gasteiger partial charge < -0.3 is 10.2 Å². The molecule has 1 atom stereocenters. The zero-order chi connectivity index (χ0) is 18.0. The van der Waals surface area contributed by atoms with Gasteiger partial charge in [-0.2, -0.15) is 10.2 Å². The summed E-state index contributed by atoms with van der Waals surface area (Å²) >= 11 is 0. The number of nitrogens with zero attached hydrogens (tertiary/aromatic N) is 6. The number of rotatable bonds is 4. The van der Waals surface area contributed by atoms with Crippen LogP contribution < -0.4 is 5.32 Å². The number of hydrogen-bond donors (Lipinski definition) is 1. The number of aromatic nitrogens is 4. The fourth-order valence-corrected chi connectivity index (χ4v) is 3.50. The molecule has 0 amide bonds. The van der Waals surface area contributed by atoms with Gasteiger partial charge in [-0.25, -0.2) is 4.99 Å². The molecule has 2 aromatic rings. The van der Waals surface area contributed by atoms with Crippen molar-refractivity contribution >= 4 is 5.96 Å². The number of hydrogen-bond acceptors (Lipinski definition) is 3. The lowest BCUT2D eigenvalue weighted by atomic mass is 10.0. The Labute approximate surface area is 149 Å². The molecule has 1 fully saturated rings. The summed E-state index contributed by atoms with van der Waals surface area (Å²) < 4.78 is 3.81. The lowest BCUT2D eigenvalue weighted by molar-refractivity contribution is 0.486. The number of nitrogens with one attached hydrogen (secondary N) is 1. The fourth-order valence-electron chi connectivity index (χ4n) is 3.50.